The number of hydrogen-bond donors (Lipinski definition) is 1. The maximum absolute atomic E-state index is 5.59. The van der Waals surface area contributed by atoms with Gasteiger partial charge in [0.25, 0.3) is 5.22 Å². The van der Waals surface area contributed by atoms with Crippen LogP contribution in [0.2, 0.25) is 0 Å². The van der Waals surface area contributed by atoms with Gasteiger partial charge in [0.15, 0.2) is 5.58 Å². The van der Waals surface area contributed by atoms with Crippen LogP contribution in [0.3, 0.4) is 0 Å². The summed E-state index contributed by atoms with van der Waals surface area (Å²) in [5.41, 5.74) is 7.90. The van der Waals surface area contributed by atoms with Crippen LogP contribution < -0.4 is 5.73 Å². The van der Waals surface area contributed by atoms with Gasteiger partial charge in [0, 0.05) is 5.69 Å². The zero-order valence-corrected chi connectivity index (χ0v) is 7.39. The Morgan fingerprint density at radius 2 is 2.33 bits per heavy atom. The maximum atomic E-state index is 5.59. The Bertz CT molecular complexity index is 410. The molecule has 0 aliphatic rings. The summed E-state index contributed by atoms with van der Waals surface area (Å²) in [5.74, 6) is 0. The molecule has 2 N–H and O–H groups in total. The number of nitrogens with zero attached hydrogens (tertiary/aromatic N) is 1. The van der Waals surface area contributed by atoms with E-state index in [-0.39, 0.29) is 0 Å². The summed E-state index contributed by atoms with van der Waals surface area (Å²) < 4.78 is 5.37. The zero-order valence-electron chi connectivity index (χ0n) is 6.57. The molecule has 0 bridgehead atoms. The van der Waals surface area contributed by atoms with Crippen molar-refractivity contribution in [2.75, 3.05) is 12.0 Å². The molecule has 0 saturated carbocycles. The second kappa shape index (κ2) is 2.71. The summed E-state index contributed by atoms with van der Waals surface area (Å²) in [6, 6.07) is 5.44. The lowest BCUT2D eigenvalue weighted by Crippen LogP contribution is -1.81. The number of nitrogen functional groups attached to an aromatic ring is 1. The first-order chi connectivity index (χ1) is 5.79. The Kier molecular flexibility index (Phi) is 1.69. The Morgan fingerprint density at radius 1 is 1.50 bits per heavy atom. The Labute approximate surface area is 74.0 Å². The average molecular weight is 180 g/mol. The van der Waals surface area contributed by atoms with Crippen LogP contribution in [0.15, 0.2) is 27.8 Å². The lowest BCUT2D eigenvalue weighted by molar-refractivity contribution is 0.490. The van der Waals surface area contributed by atoms with Crippen LogP contribution in [0.25, 0.3) is 11.1 Å². The van der Waals surface area contributed by atoms with E-state index >= 15 is 0 Å². The van der Waals surface area contributed by atoms with Crippen molar-refractivity contribution in [1.29, 1.82) is 0 Å². The number of benzene rings is 1. The van der Waals surface area contributed by atoms with E-state index in [2.05, 4.69) is 4.98 Å². The molecule has 0 spiro atoms. The highest BCUT2D eigenvalue weighted by atomic mass is 32.2. The smallest absolute Gasteiger partial charge is 0.256 e. The fourth-order valence-electron chi connectivity index (χ4n) is 1.01. The summed E-state index contributed by atoms with van der Waals surface area (Å²) in [6.07, 6.45) is 1.92. The lowest BCUT2D eigenvalue weighted by Gasteiger charge is -1.88. The van der Waals surface area contributed by atoms with E-state index in [9.17, 15) is 0 Å². The van der Waals surface area contributed by atoms with Gasteiger partial charge in [-0.1, -0.05) is 11.8 Å². The molecule has 0 fully saturated rings. The standard InChI is InChI=1S/C8H8N2OS/c1-12-8-10-6-4-5(9)2-3-7(6)11-8/h2-4H,9H2,1H3. The largest absolute Gasteiger partial charge is 0.431 e. The van der Waals surface area contributed by atoms with E-state index in [0.717, 1.165) is 11.1 Å². The minimum absolute atomic E-state index is 0.676. The third kappa shape index (κ3) is 1.14. The van der Waals surface area contributed by atoms with Crippen molar-refractivity contribution in [1.82, 2.24) is 4.98 Å². The van der Waals surface area contributed by atoms with Gasteiger partial charge in [-0.05, 0) is 24.5 Å². The van der Waals surface area contributed by atoms with Gasteiger partial charge in [0.1, 0.15) is 5.52 Å². The molecule has 12 heavy (non-hydrogen) atoms. The molecule has 0 atom stereocenters. The highest BCUT2D eigenvalue weighted by Gasteiger charge is 2.03. The third-order valence-electron chi connectivity index (χ3n) is 1.57. The number of nitrogens with two attached hydrogens (primary N) is 1. The summed E-state index contributed by atoms with van der Waals surface area (Å²) in [5, 5.41) is 0.676. The van der Waals surface area contributed by atoms with E-state index in [4.69, 9.17) is 10.2 Å². The van der Waals surface area contributed by atoms with Gasteiger partial charge in [0.2, 0.25) is 0 Å². The Balaban J connectivity index is 2.67. The highest BCUT2D eigenvalue weighted by Crippen LogP contribution is 2.22. The van der Waals surface area contributed by atoms with E-state index in [1.807, 2.05) is 12.3 Å². The van der Waals surface area contributed by atoms with Crippen molar-refractivity contribution >= 4 is 28.5 Å². The first kappa shape index (κ1) is 7.49. The van der Waals surface area contributed by atoms with E-state index < -0.39 is 0 Å². The highest BCUT2D eigenvalue weighted by molar-refractivity contribution is 7.98. The summed E-state index contributed by atoms with van der Waals surface area (Å²) in [6.45, 7) is 0. The van der Waals surface area contributed by atoms with Crippen molar-refractivity contribution in [2.45, 2.75) is 5.22 Å². The van der Waals surface area contributed by atoms with Crippen LogP contribution in [0, 0.1) is 0 Å². The molecular weight excluding hydrogens is 172 g/mol. The number of fused-ring (bicyclic) bond motifs is 1. The fraction of sp³-hybridized carbons (Fsp3) is 0.125. The van der Waals surface area contributed by atoms with Crippen molar-refractivity contribution in [3.05, 3.63) is 18.2 Å². The van der Waals surface area contributed by atoms with Gasteiger partial charge in [-0.3, -0.25) is 0 Å². The van der Waals surface area contributed by atoms with Gasteiger partial charge in [0.05, 0.1) is 0 Å². The number of oxazole rings is 1. The van der Waals surface area contributed by atoms with Gasteiger partial charge < -0.3 is 10.2 Å². The molecule has 62 valence electrons. The normalized spacial score (nSPS) is 10.8. The monoisotopic (exact) mass is 180 g/mol. The number of anilines is 1. The minimum Gasteiger partial charge on any atom is -0.431 e. The fourth-order valence-corrected chi connectivity index (χ4v) is 1.37. The van der Waals surface area contributed by atoms with E-state index in [1.54, 1.807) is 12.1 Å². The van der Waals surface area contributed by atoms with Gasteiger partial charge in [-0.25, -0.2) is 4.98 Å². The number of hydrogen-bond acceptors (Lipinski definition) is 4. The summed E-state index contributed by atoms with van der Waals surface area (Å²) >= 11 is 1.48. The van der Waals surface area contributed by atoms with Crippen LogP contribution in [0.4, 0.5) is 5.69 Å². The molecule has 0 saturated heterocycles. The van der Waals surface area contributed by atoms with Crippen LogP contribution in [-0.2, 0) is 0 Å². The SMILES string of the molecule is CSc1nc2cc(N)ccc2o1. The molecule has 0 amide bonds. The van der Waals surface area contributed by atoms with E-state index in [0.29, 0.717) is 10.9 Å². The molecule has 4 heteroatoms. The molecule has 1 aromatic heterocycles. The third-order valence-corrected chi connectivity index (χ3v) is 2.09. The quantitative estimate of drug-likeness (QED) is 0.539. The summed E-state index contributed by atoms with van der Waals surface area (Å²) in [7, 11) is 0. The molecule has 0 radical (unpaired) electrons. The molecule has 0 aliphatic carbocycles. The maximum Gasteiger partial charge on any atom is 0.256 e. The molecule has 2 aromatic rings. The van der Waals surface area contributed by atoms with Crippen LogP contribution in [-0.4, -0.2) is 11.2 Å². The molecule has 3 nitrogen and oxygen atoms in total. The van der Waals surface area contributed by atoms with Gasteiger partial charge in [-0.2, -0.15) is 0 Å². The molecule has 1 heterocycles. The average Bonchev–Trinajstić information content (AvgIpc) is 2.46. The van der Waals surface area contributed by atoms with Gasteiger partial charge in [-0.15, -0.1) is 0 Å². The second-order valence-electron chi connectivity index (χ2n) is 2.41. The van der Waals surface area contributed by atoms with Crippen LogP contribution in [0.5, 0.6) is 0 Å². The predicted octanol–water partition coefficient (Wildman–Crippen LogP) is 2.13. The van der Waals surface area contributed by atoms with Crippen LogP contribution in [0.1, 0.15) is 0 Å². The van der Waals surface area contributed by atoms with E-state index in [1.165, 1.54) is 11.8 Å². The first-order valence-electron chi connectivity index (χ1n) is 3.49. The van der Waals surface area contributed by atoms with Crippen molar-refractivity contribution < 1.29 is 4.42 Å². The zero-order chi connectivity index (χ0) is 8.55. The van der Waals surface area contributed by atoms with Crippen molar-refractivity contribution in [3.63, 3.8) is 0 Å². The Morgan fingerprint density at radius 3 is 3.08 bits per heavy atom. The minimum atomic E-state index is 0.676. The lowest BCUT2D eigenvalue weighted by atomic mass is 10.3. The van der Waals surface area contributed by atoms with Crippen molar-refractivity contribution in [3.8, 4) is 0 Å². The molecule has 2 rings (SSSR count). The number of aromatic nitrogens is 1. The molecule has 0 unspecified atom stereocenters. The first-order valence-corrected chi connectivity index (χ1v) is 4.72. The van der Waals surface area contributed by atoms with Crippen LogP contribution >= 0.6 is 11.8 Å². The second-order valence-corrected chi connectivity index (χ2v) is 3.17. The predicted molar refractivity (Wildman–Crippen MR) is 50.2 cm³/mol. The topological polar surface area (TPSA) is 52.0 Å². The molecular formula is C8H8N2OS. The number of thioether (sulfide) groups is 1. The molecule has 1 aromatic carbocycles. The Hall–Kier alpha value is -1.16. The number of rotatable bonds is 1. The van der Waals surface area contributed by atoms with Gasteiger partial charge >= 0.3 is 0 Å². The molecule has 0 aliphatic heterocycles. The summed E-state index contributed by atoms with van der Waals surface area (Å²) in [4.78, 5) is 4.21. The van der Waals surface area contributed by atoms with Crippen molar-refractivity contribution in [2.24, 2.45) is 0 Å².